The molecule has 4 rings (SSSR count). The number of hydrogen-bond donors (Lipinski definition) is 2. The molecule has 7 nitrogen and oxygen atoms in total. The highest BCUT2D eigenvalue weighted by Gasteiger charge is 2.27. The summed E-state index contributed by atoms with van der Waals surface area (Å²) in [5, 5.41) is 3.02. The lowest BCUT2D eigenvalue weighted by Crippen LogP contribution is -2.37. The van der Waals surface area contributed by atoms with Crippen molar-refractivity contribution in [2.45, 2.75) is 32.4 Å². The Kier molecular flexibility index (Phi) is 7.66. The van der Waals surface area contributed by atoms with Crippen molar-refractivity contribution in [1.82, 2.24) is 15.2 Å². The zero-order chi connectivity index (χ0) is 26.0. The monoisotopic (exact) mass is 530 g/mol. The van der Waals surface area contributed by atoms with Crippen molar-refractivity contribution in [3.8, 4) is 16.9 Å². The molecule has 188 valence electrons. The van der Waals surface area contributed by atoms with Crippen LogP contribution in [0.3, 0.4) is 0 Å². The number of carbonyl (C=O) groups excluding carboxylic acids is 2. The SMILES string of the molecule is CC(=O)NC1CCN(C(=O)c2ccc(-c3cnc(N)c(O[C@@H](C)c4c(Cl)ccc(F)c4Cl)c3)cc2)C1. The largest absolute Gasteiger partial charge is 0.482 e. The van der Waals surface area contributed by atoms with Gasteiger partial charge in [0.2, 0.25) is 5.91 Å². The number of carbonyl (C=O) groups is 2. The smallest absolute Gasteiger partial charge is 0.253 e. The number of benzene rings is 2. The van der Waals surface area contributed by atoms with Crippen LogP contribution >= 0.6 is 23.2 Å². The third-order valence-corrected chi connectivity index (χ3v) is 6.73. The van der Waals surface area contributed by atoms with Gasteiger partial charge in [0.25, 0.3) is 5.91 Å². The van der Waals surface area contributed by atoms with E-state index in [0.29, 0.717) is 29.8 Å². The number of rotatable bonds is 6. The van der Waals surface area contributed by atoms with Crippen molar-refractivity contribution in [1.29, 1.82) is 0 Å². The van der Waals surface area contributed by atoms with Crippen LogP contribution < -0.4 is 15.8 Å². The number of pyridine rings is 1. The van der Waals surface area contributed by atoms with Crippen LogP contribution in [0.2, 0.25) is 10.0 Å². The van der Waals surface area contributed by atoms with Crippen molar-refractivity contribution >= 4 is 40.8 Å². The summed E-state index contributed by atoms with van der Waals surface area (Å²) in [6.07, 6.45) is 1.64. The van der Waals surface area contributed by atoms with Gasteiger partial charge in [-0.2, -0.15) is 0 Å². The van der Waals surface area contributed by atoms with E-state index in [1.807, 2.05) is 12.1 Å². The van der Waals surface area contributed by atoms with Crippen LogP contribution in [0.4, 0.5) is 10.2 Å². The fourth-order valence-electron chi connectivity index (χ4n) is 4.21. The average molecular weight is 531 g/mol. The maximum Gasteiger partial charge on any atom is 0.253 e. The number of halogens is 3. The van der Waals surface area contributed by atoms with E-state index in [1.165, 1.54) is 19.1 Å². The van der Waals surface area contributed by atoms with Crippen LogP contribution in [-0.4, -0.2) is 40.8 Å². The molecule has 3 aromatic rings. The maximum atomic E-state index is 14.0. The summed E-state index contributed by atoms with van der Waals surface area (Å²) < 4.78 is 19.9. The normalized spacial score (nSPS) is 16.0. The second-order valence-electron chi connectivity index (χ2n) is 8.64. The molecule has 0 aliphatic carbocycles. The van der Waals surface area contributed by atoms with Gasteiger partial charge < -0.3 is 20.7 Å². The van der Waals surface area contributed by atoms with E-state index < -0.39 is 11.9 Å². The molecule has 1 saturated heterocycles. The molecule has 1 unspecified atom stereocenters. The Labute approximate surface area is 218 Å². The lowest BCUT2D eigenvalue weighted by Gasteiger charge is -2.19. The Morgan fingerprint density at radius 1 is 1.19 bits per heavy atom. The summed E-state index contributed by atoms with van der Waals surface area (Å²) in [6, 6.07) is 11.4. The molecular formula is C26H25Cl2FN4O3. The van der Waals surface area contributed by atoms with E-state index in [9.17, 15) is 14.0 Å². The van der Waals surface area contributed by atoms with Gasteiger partial charge >= 0.3 is 0 Å². The Morgan fingerprint density at radius 3 is 2.61 bits per heavy atom. The number of anilines is 1. The quantitative estimate of drug-likeness (QED) is 0.423. The van der Waals surface area contributed by atoms with Crippen molar-refractivity contribution in [3.05, 3.63) is 75.7 Å². The van der Waals surface area contributed by atoms with Crippen molar-refractivity contribution in [3.63, 3.8) is 0 Å². The van der Waals surface area contributed by atoms with Gasteiger partial charge in [0.05, 0.1) is 5.02 Å². The van der Waals surface area contributed by atoms with Gasteiger partial charge in [0.1, 0.15) is 11.9 Å². The molecule has 2 amide bonds. The summed E-state index contributed by atoms with van der Waals surface area (Å²) >= 11 is 12.3. The van der Waals surface area contributed by atoms with Crippen LogP contribution in [0.1, 0.15) is 42.3 Å². The fraction of sp³-hybridized carbons (Fsp3) is 0.269. The van der Waals surface area contributed by atoms with E-state index in [4.69, 9.17) is 33.7 Å². The summed E-state index contributed by atoms with van der Waals surface area (Å²) in [7, 11) is 0. The highest BCUT2D eigenvalue weighted by molar-refractivity contribution is 6.36. The molecule has 0 bridgehead atoms. The van der Waals surface area contributed by atoms with E-state index in [2.05, 4.69) is 10.3 Å². The van der Waals surface area contributed by atoms with E-state index in [1.54, 1.807) is 36.2 Å². The molecule has 1 aliphatic heterocycles. The Hall–Kier alpha value is -3.36. The number of nitrogens with two attached hydrogens (primary N) is 1. The predicted octanol–water partition coefficient (Wildman–Crippen LogP) is 5.27. The summed E-state index contributed by atoms with van der Waals surface area (Å²) in [6.45, 7) is 4.23. The number of nitrogens with one attached hydrogen (secondary N) is 1. The van der Waals surface area contributed by atoms with E-state index >= 15 is 0 Å². The maximum absolute atomic E-state index is 14.0. The van der Waals surface area contributed by atoms with Crippen molar-refractivity contribution in [2.24, 2.45) is 0 Å². The van der Waals surface area contributed by atoms with E-state index in [0.717, 1.165) is 12.0 Å². The summed E-state index contributed by atoms with van der Waals surface area (Å²) in [5.41, 5.74) is 8.40. The first-order chi connectivity index (χ1) is 17.1. The molecule has 2 aromatic carbocycles. The fourth-order valence-corrected chi connectivity index (χ4v) is 4.89. The number of aromatic nitrogens is 1. The molecule has 2 atom stereocenters. The highest BCUT2D eigenvalue weighted by atomic mass is 35.5. The van der Waals surface area contributed by atoms with E-state index in [-0.39, 0.29) is 39.5 Å². The Bertz CT molecular complexity index is 1300. The minimum Gasteiger partial charge on any atom is -0.482 e. The van der Waals surface area contributed by atoms with Gasteiger partial charge in [-0.3, -0.25) is 9.59 Å². The molecule has 2 heterocycles. The zero-order valence-electron chi connectivity index (χ0n) is 19.7. The first-order valence-electron chi connectivity index (χ1n) is 11.4. The Balaban J connectivity index is 1.50. The lowest BCUT2D eigenvalue weighted by molar-refractivity contribution is -0.119. The van der Waals surface area contributed by atoms with Crippen molar-refractivity contribution in [2.75, 3.05) is 18.8 Å². The molecule has 0 radical (unpaired) electrons. The third kappa shape index (κ3) is 5.55. The van der Waals surface area contributed by atoms with Crippen LogP contribution in [0, 0.1) is 5.82 Å². The summed E-state index contributed by atoms with van der Waals surface area (Å²) in [5.74, 6) is -0.343. The predicted molar refractivity (Wildman–Crippen MR) is 138 cm³/mol. The molecule has 1 aliphatic rings. The van der Waals surface area contributed by atoms with Gasteiger partial charge in [-0.25, -0.2) is 9.37 Å². The first-order valence-corrected chi connectivity index (χ1v) is 12.1. The zero-order valence-corrected chi connectivity index (χ0v) is 21.2. The molecule has 10 heteroatoms. The number of nitrogens with zero attached hydrogens (tertiary/aromatic N) is 2. The first kappa shape index (κ1) is 25.7. The minimum atomic E-state index is -0.693. The second kappa shape index (κ2) is 10.7. The number of amides is 2. The molecule has 0 spiro atoms. The number of ether oxygens (including phenoxy) is 1. The van der Waals surface area contributed by atoms with Gasteiger partial charge in [0.15, 0.2) is 11.6 Å². The average Bonchev–Trinajstić information content (AvgIpc) is 3.30. The molecule has 1 aromatic heterocycles. The topological polar surface area (TPSA) is 97.6 Å². The second-order valence-corrected chi connectivity index (χ2v) is 9.42. The molecule has 1 fully saturated rings. The van der Waals surface area contributed by atoms with Crippen LogP contribution in [0.5, 0.6) is 5.75 Å². The van der Waals surface area contributed by atoms with Crippen LogP contribution in [0.15, 0.2) is 48.7 Å². The third-order valence-electron chi connectivity index (χ3n) is 6.02. The number of hydrogen-bond acceptors (Lipinski definition) is 5. The number of likely N-dealkylation sites (tertiary alicyclic amines) is 1. The van der Waals surface area contributed by atoms with Gasteiger partial charge in [-0.1, -0.05) is 35.3 Å². The van der Waals surface area contributed by atoms with Gasteiger partial charge in [0, 0.05) is 54.0 Å². The van der Waals surface area contributed by atoms with Gasteiger partial charge in [-0.15, -0.1) is 0 Å². The van der Waals surface area contributed by atoms with Crippen LogP contribution in [-0.2, 0) is 4.79 Å². The highest BCUT2D eigenvalue weighted by Crippen LogP contribution is 2.37. The van der Waals surface area contributed by atoms with Gasteiger partial charge in [-0.05, 0) is 49.2 Å². The van der Waals surface area contributed by atoms with Crippen molar-refractivity contribution < 1.29 is 18.7 Å². The lowest BCUT2D eigenvalue weighted by atomic mass is 10.0. The molecule has 3 N–H and O–H groups in total. The molecule has 36 heavy (non-hydrogen) atoms. The Morgan fingerprint density at radius 2 is 1.92 bits per heavy atom. The minimum absolute atomic E-state index is 0.0236. The molecular weight excluding hydrogens is 506 g/mol. The van der Waals surface area contributed by atoms with Crippen LogP contribution in [0.25, 0.3) is 11.1 Å². The number of nitrogen functional groups attached to an aromatic ring is 1. The standard InChI is InChI=1S/C26H25Cl2FN4O3/c1-14(23-20(27)7-8-21(29)24(23)28)36-22-11-18(12-31-25(22)30)16-3-5-17(6-4-16)26(35)33-10-9-19(13-33)32-15(2)34/h3-8,11-12,14,19H,9-10,13H2,1-2H3,(H2,30,31)(H,32,34)/t14-,19?/m0/s1. The summed E-state index contributed by atoms with van der Waals surface area (Å²) in [4.78, 5) is 30.1. The molecule has 0 saturated carbocycles.